The molecule has 0 fully saturated rings. The Morgan fingerprint density at radius 2 is 1.12 bits per heavy atom. The molecule has 0 atom stereocenters. The summed E-state index contributed by atoms with van der Waals surface area (Å²) in [4.78, 5) is 0. The maximum atomic E-state index is 6.07. The Bertz CT molecular complexity index is 203. The SMILES string of the molecule is CC(C)(C)CCCCCC(C)(C)OC(C)(C)C. The molecule has 0 bridgehead atoms. The number of hydrogen-bond acceptors (Lipinski definition) is 1. The molecule has 17 heavy (non-hydrogen) atoms. The fourth-order valence-electron chi connectivity index (χ4n) is 2.26. The van der Waals surface area contributed by atoms with Gasteiger partial charge in [-0.05, 0) is 52.9 Å². The number of rotatable bonds is 6. The van der Waals surface area contributed by atoms with E-state index in [1.807, 2.05) is 0 Å². The van der Waals surface area contributed by atoms with Crippen LogP contribution in [0.4, 0.5) is 0 Å². The Balaban J connectivity index is 3.74. The first-order chi connectivity index (χ1) is 7.41. The zero-order valence-electron chi connectivity index (χ0n) is 13.4. The Kier molecular flexibility index (Phi) is 6.21. The zero-order valence-corrected chi connectivity index (χ0v) is 13.4. The lowest BCUT2D eigenvalue weighted by atomic mass is 9.88. The second-order valence-electron chi connectivity index (χ2n) is 8.10. The first-order valence-corrected chi connectivity index (χ1v) is 7.12. The van der Waals surface area contributed by atoms with Gasteiger partial charge in [-0.2, -0.15) is 0 Å². The molecule has 0 aliphatic rings. The summed E-state index contributed by atoms with van der Waals surface area (Å²) in [6.45, 7) is 17.8. The predicted molar refractivity (Wildman–Crippen MR) is 77.5 cm³/mol. The lowest BCUT2D eigenvalue weighted by molar-refractivity contribution is -0.116. The smallest absolute Gasteiger partial charge is 0.0633 e. The third-order valence-corrected chi connectivity index (χ3v) is 2.79. The predicted octanol–water partition coefficient (Wildman–Crippen LogP) is 5.58. The fraction of sp³-hybridized carbons (Fsp3) is 1.00. The minimum atomic E-state index is -0.0328. The van der Waals surface area contributed by atoms with Gasteiger partial charge in [-0.15, -0.1) is 0 Å². The number of unbranched alkanes of at least 4 members (excludes halogenated alkanes) is 2. The molecule has 0 aromatic carbocycles. The molecule has 0 N–H and O–H groups in total. The largest absolute Gasteiger partial charge is 0.370 e. The van der Waals surface area contributed by atoms with Gasteiger partial charge in [-0.3, -0.25) is 0 Å². The second-order valence-corrected chi connectivity index (χ2v) is 8.10. The normalized spacial score (nSPS) is 14.1. The van der Waals surface area contributed by atoms with Crippen molar-refractivity contribution in [2.45, 2.75) is 98.7 Å². The van der Waals surface area contributed by atoms with E-state index in [0.717, 1.165) is 6.42 Å². The van der Waals surface area contributed by atoms with Crippen molar-refractivity contribution < 1.29 is 4.74 Å². The Morgan fingerprint density at radius 1 is 0.647 bits per heavy atom. The van der Waals surface area contributed by atoms with Crippen LogP contribution in [0.5, 0.6) is 0 Å². The first-order valence-electron chi connectivity index (χ1n) is 7.12. The molecular formula is C16H34O. The Morgan fingerprint density at radius 3 is 1.53 bits per heavy atom. The molecule has 0 aromatic rings. The van der Waals surface area contributed by atoms with Gasteiger partial charge in [-0.25, -0.2) is 0 Å². The van der Waals surface area contributed by atoms with Crippen LogP contribution in [0.2, 0.25) is 0 Å². The average molecular weight is 242 g/mol. The van der Waals surface area contributed by atoms with E-state index >= 15 is 0 Å². The van der Waals surface area contributed by atoms with Crippen molar-refractivity contribution in [3.63, 3.8) is 0 Å². The summed E-state index contributed by atoms with van der Waals surface area (Å²) < 4.78 is 6.07. The molecule has 0 amide bonds. The quantitative estimate of drug-likeness (QED) is 0.553. The summed E-state index contributed by atoms with van der Waals surface area (Å²) in [6.07, 6.45) is 6.43. The molecule has 104 valence electrons. The van der Waals surface area contributed by atoms with Crippen molar-refractivity contribution in [1.82, 2.24) is 0 Å². The molecule has 0 unspecified atom stereocenters. The molecule has 0 spiro atoms. The van der Waals surface area contributed by atoms with Crippen molar-refractivity contribution in [3.8, 4) is 0 Å². The van der Waals surface area contributed by atoms with Gasteiger partial charge in [0, 0.05) is 0 Å². The average Bonchev–Trinajstić information content (AvgIpc) is 1.95. The minimum absolute atomic E-state index is 0.0139. The van der Waals surface area contributed by atoms with Gasteiger partial charge in [0.2, 0.25) is 0 Å². The van der Waals surface area contributed by atoms with Crippen molar-refractivity contribution in [1.29, 1.82) is 0 Å². The van der Waals surface area contributed by atoms with Gasteiger partial charge in [0.15, 0.2) is 0 Å². The van der Waals surface area contributed by atoms with E-state index in [1.54, 1.807) is 0 Å². The molecule has 1 heteroatoms. The van der Waals surface area contributed by atoms with E-state index < -0.39 is 0 Å². The van der Waals surface area contributed by atoms with Gasteiger partial charge >= 0.3 is 0 Å². The maximum Gasteiger partial charge on any atom is 0.0633 e. The van der Waals surface area contributed by atoms with Crippen molar-refractivity contribution in [3.05, 3.63) is 0 Å². The van der Waals surface area contributed by atoms with Crippen LogP contribution in [0.25, 0.3) is 0 Å². The fourth-order valence-corrected chi connectivity index (χ4v) is 2.26. The monoisotopic (exact) mass is 242 g/mol. The van der Waals surface area contributed by atoms with Crippen LogP contribution < -0.4 is 0 Å². The van der Waals surface area contributed by atoms with Crippen LogP contribution in [0.15, 0.2) is 0 Å². The highest BCUT2D eigenvalue weighted by molar-refractivity contribution is 4.74. The van der Waals surface area contributed by atoms with Gasteiger partial charge in [0.05, 0.1) is 11.2 Å². The third kappa shape index (κ3) is 12.2. The molecule has 0 saturated carbocycles. The number of ether oxygens (including phenoxy) is 1. The minimum Gasteiger partial charge on any atom is -0.370 e. The van der Waals surface area contributed by atoms with Crippen molar-refractivity contribution >= 4 is 0 Å². The molecule has 0 radical (unpaired) electrons. The van der Waals surface area contributed by atoms with Gasteiger partial charge in [0.25, 0.3) is 0 Å². The molecular weight excluding hydrogens is 208 g/mol. The molecule has 1 nitrogen and oxygen atoms in total. The van der Waals surface area contributed by atoms with Crippen LogP contribution >= 0.6 is 0 Å². The number of hydrogen-bond donors (Lipinski definition) is 0. The van der Waals surface area contributed by atoms with Crippen LogP contribution in [-0.2, 0) is 4.74 Å². The van der Waals surface area contributed by atoms with Gasteiger partial charge in [0.1, 0.15) is 0 Å². The van der Waals surface area contributed by atoms with Gasteiger partial charge in [-0.1, -0.05) is 40.0 Å². The topological polar surface area (TPSA) is 9.23 Å². The van der Waals surface area contributed by atoms with Crippen LogP contribution in [0.1, 0.15) is 87.5 Å². The van der Waals surface area contributed by atoms with Crippen molar-refractivity contribution in [2.75, 3.05) is 0 Å². The standard InChI is InChI=1S/C16H34O/c1-14(2,3)12-10-9-11-13-16(7,8)17-15(4,5)6/h9-13H2,1-8H3. The van der Waals surface area contributed by atoms with Crippen molar-refractivity contribution in [2.24, 2.45) is 5.41 Å². The molecule has 0 rings (SSSR count). The highest BCUT2D eigenvalue weighted by atomic mass is 16.5. The van der Waals surface area contributed by atoms with E-state index in [4.69, 9.17) is 4.74 Å². The van der Waals surface area contributed by atoms with Crippen LogP contribution in [0.3, 0.4) is 0 Å². The van der Waals surface area contributed by atoms with E-state index in [-0.39, 0.29) is 11.2 Å². The highest BCUT2D eigenvalue weighted by Crippen LogP contribution is 2.27. The maximum absolute atomic E-state index is 6.07. The van der Waals surface area contributed by atoms with Gasteiger partial charge < -0.3 is 4.74 Å². The molecule has 0 saturated heterocycles. The molecule has 0 aromatic heterocycles. The summed E-state index contributed by atoms with van der Waals surface area (Å²) in [5, 5.41) is 0. The lowest BCUT2D eigenvalue weighted by Crippen LogP contribution is -2.34. The lowest BCUT2D eigenvalue weighted by Gasteiger charge is -2.34. The summed E-state index contributed by atoms with van der Waals surface area (Å²) in [6, 6.07) is 0. The van der Waals surface area contributed by atoms with E-state index in [0.29, 0.717) is 5.41 Å². The molecule has 0 aliphatic carbocycles. The highest BCUT2D eigenvalue weighted by Gasteiger charge is 2.25. The zero-order chi connectivity index (χ0) is 13.7. The van der Waals surface area contributed by atoms with Crippen LogP contribution in [0, 0.1) is 5.41 Å². The summed E-state index contributed by atoms with van der Waals surface area (Å²) >= 11 is 0. The third-order valence-electron chi connectivity index (χ3n) is 2.79. The summed E-state index contributed by atoms with van der Waals surface area (Å²) in [7, 11) is 0. The second kappa shape index (κ2) is 6.22. The van der Waals surface area contributed by atoms with E-state index in [9.17, 15) is 0 Å². The van der Waals surface area contributed by atoms with E-state index in [1.165, 1.54) is 25.7 Å². The Labute approximate surface area is 109 Å². The summed E-state index contributed by atoms with van der Waals surface area (Å²) in [5.41, 5.74) is 0.465. The molecule has 0 heterocycles. The first kappa shape index (κ1) is 17.0. The summed E-state index contributed by atoms with van der Waals surface area (Å²) in [5.74, 6) is 0. The van der Waals surface area contributed by atoms with E-state index in [2.05, 4.69) is 55.4 Å². The Hall–Kier alpha value is -0.0400. The van der Waals surface area contributed by atoms with Crippen LogP contribution in [-0.4, -0.2) is 11.2 Å². The molecule has 0 aliphatic heterocycles.